The largest absolute Gasteiger partial charge is 0.303 e. The fourth-order valence-electron chi connectivity index (χ4n) is 4.17. The minimum Gasteiger partial charge on any atom is -0.303 e. The Labute approximate surface area is 126 Å². The molecule has 0 radical (unpaired) electrons. The van der Waals surface area contributed by atoms with Gasteiger partial charge in [-0.15, -0.1) is 0 Å². The molecule has 1 aliphatic carbocycles. The molecule has 114 valence electrons. The third-order valence-electron chi connectivity index (χ3n) is 5.53. The Morgan fingerprint density at radius 3 is 2.52 bits per heavy atom. The predicted octanol–water partition coefficient (Wildman–Crippen LogP) is 2.99. The van der Waals surface area contributed by atoms with Crippen LogP contribution in [0.5, 0.6) is 0 Å². The number of hydrogen-bond donors (Lipinski definition) is 0. The van der Waals surface area contributed by atoms with Crippen molar-refractivity contribution >= 4 is 0 Å². The van der Waals surface area contributed by atoms with Crippen molar-refractivity contribution in [1.29, 1.82) is 0 Å². The minimum atomic E-state index is -0.0530. The van der Waals surface area contributed by atoms with Crippen LogP contribution in [0.1, 0.15) is 24.8 Å². The molecule has 0 aromatic heterocycles. The van der Waals surface area contributed by atoms with Gasteiger partial charge in [0.05, 0.1) is 0 Å². The van der Waals surface area contributed by atoms with Crippen LogP contribution in [0.25, 0.3) is 0 Å². The second kappa shape index (κ2) is 5.69. The van der Waals surface area contributed by atoms with Crippen molar-refractivity contribution < 1.29 is 4.39 Å². The van der Waals surface area contributed by atoms with E-state index in [0.29, 0.717) is 0 Å². The van der Waals surface area contributed by atoms with Gasteiger partial charge in [0.15, 0.2) is 0 Å². The molecule has 1 aromatic rings. The number of nitrogens with zero attached hydrogens (tertiary/aromatic N) is 2. The summed E-state index contributed by atoms with van der Waals surface area (Å²) in [5.74, 6) is 2.59. The van der Waals surface area contributed by atoms with E-state index in [9.17, 15) is 4.39 Å². The molecular formula is C18H25FN2. The lowest BCUT2D eigenvalue weighted by atomic mass is 9.88. The molecule has 0 bridgehead atoms. The van der Waals surface area contributed by atoms with Crippen molar-refractivity contribution in [1.82, 2.24) is 9.80 Å². The highest BCUT2D eigenvalue weighted by Gasteiger charge is 2.38. The Morgan fingerprint density at radius 1 is 0.952 bits per heavy atom. The Balaban J connectivity index is 1.35. The van der Waals surface area contributed by atoms with Crippen molar-refractivity contribution in [3.8, 4) is 0 Å². The maximum absolute atomic E-state index is 13.8. The van der Waals surface area contributed by atoms with E-state index in [4.69, 9.17) is 0 Å². The average molecular weight is 288 g/mol. The van der Waals surface area contributed by atoms with Gasteiger partial charge < -0.3 is 4.90 Å². The fourth-order valence-corrected chi connectivity index (χ4v) is 4.17. The number of piperidine rings is 1. The predicted molar refractivity (Wildman–Crippen MR) is 82.4 cm³/mol. The van der Waals surface area contributed by atoms with Crippen LogP contribution in [0.2, 0.25) is 0 Å². The summed E-state index contributed by atoms with van der Waals surface area (Å²) >= 11 is 0. The van der Waals surface area contributed by atoms with Crippen LogP contribution in [0, 0.1) is 23.6 Å². The molecule has 21 heavy (non-hydrogen) atoms. The Bertz CT molecular complexity index is 500. The van der Waals surface area contributed by atoms with Gasteiger partial charge in [-0.2, -0.15) is 0 Å². The van der Waals surface area contributed by atoms with Crippen molar-refractivity contribution in [2.24, 2.45) is 17.8 Å². The zero-order valence-corrected chi connectivity index (χ0v) is 12.7. The molecule has 2 aliphatic heterocycles. The van der Waals surface area contributed by atoms with Crippen molar-refractivity contribution in [2.45, 2.75) is 25.8 Å². The van der Waals surface area contributed by atoms with Gasteiger partial charge in [0, 0.05) is 38.3 Å². The van der Waals surface area contributed by atoms with Gasteiger partial charge >= 0.3 is 0 Å². The molecule has 0 N–H and O–H groups in total. The van der Waals surface area contributed by atoms with E-state index < -0.39 is 0 Å². The Morgan fingerprint density at radius 2 is 1.71 bits per heavy atom. The van der Waals surface area contributed by atoms with Crippen LogP contribution in [0.3, 0.4) is 0 Å². The normalized spacial score (nSPS) is 30.5. The van der Waals surface area contributed by atoms with Gasteiger partial charge in [0.2, 0.25) is 0 Å². The molecular weight excluding hydrogens is 263 g/mol. The van der Waals surface area contributed by atoms with Crippen LogP contribution < -0.4 is 0 Å². The number of fused-ring (bicyclic) bond motifs is 1. The summed E-state index contributed by atoms with van der Waals surface area (Å²) in [5.41, 5.74) is 0.853. The van der Waals surface area contributed by atoms with Gasteiger partial charge in [-0.3, -0.25) is 4.90 Å². The number of hydrogen-bond acceptors (Lipinski definition) is 2. The van der Waals surface area contributed by atoms with E-state index in [2.05, 4.69) is 9.80 Å². The highest BCUT2D eigenvalue weighted by molar-refractivity contribution is 5.17. The molecule has 0 unspecified atom stereocenters. The molecule has 3 fully saturated rings. The first-order valence-corrected chi connectivity index (χ1v) is 8.46. The van der Waals surface area contributed by atoms with Crippen molar-refractivity contribution in [2.75, 3.05) is 32.7 Å². The maximum atomic E-state index is 13.8. The lowest BCUT2D eigenvalue weighted by Gasteiger charge is -2.34. The zero-order valence-electron chi connectivity index (χ0n) is 12.7. The molecule has 2 nitrogen and oxygen atoms in total. The molecule has 3 heteroatoms. The van der Waals surface area contributed by atoms with Gasteiger partial charge in [-0.05, 0) is 49.6 Å². The summed E-state index contributed by atoms with van der Waals surface area (Å²) < 4.78 is 13.8. The van der Waals surface area contributed by atoms with Gasteiger partial charge in [0.1, 0.15) is 5.82 Å². The van der Waals surface area contributed by atoms with Crippen LogP contribution in [0.15, 0.2) is 24.3 Å². The summed E-state index contributed by atoms with van der Waals surface area (Å²) in [6, 6.07) is 7.23. The summed E-state index contributed by atoms with van der Waals surface area (Å²) in [5, 5.41) is 0. The molecule has 4 rings (SSSR count). The van der Waals surface area contributed by atoms with Gasteiger partial charge in [0.25, 0.3) is 0 Å². The lowest BCUT2D eigenvalue weighted by Crippen LogP contribution is -2.40. The SMILES string of the molecule is Fc1ccccc1CN1C[C@H]2CCN(CC3CC3)C[C@H]2C1. The fraction of sp³-hybridized carbons (Fsp3) is 0.667. The molecule has 1 aromatic carbocycles. The maximum Gasteiger partial charge on any atom is 0.127 e. The Hall–Kier alpha value is -0.930. The van der Waals surface area contributed by atoms with E-state index in [0.717, 1.165) is 43.0 Å². The van der Waals surface area contributed by atoms with Crippen LogP contribution in [-0.2, 0) is 6.54 Å². The van der Waals surface area contributed by atoms with Gasteiger partial charge in [-0.25, -0.2) is 4.39 Å². The number of benzene rings is 1. The monoisotopic (exact) mass is 288 g/mol. The number of halogens is 1. The van der Waals surface area contributed by atoms with Gasteiger partial charge in [-0.1, -0.05) is 18.2 Å². The summed E-state index contributed by atoms with van der Waals surface area (Å²) in [6.45, 7) is 6.98. The first kappa shape index (κ1) is 13.7. The summed E-state index contributed by atoms with van der Waals surface area (Å²) in [6.07, 6.45) is 4.24. The molecule has 2 atom stereocenters. The highest BCUT2D eigenvalue weighted by atomic mass is 19.1. The summed E-state index contributed by atoms with van der Waals surface area (Å²) in [4.78, 5) is 5.15. The molecule has 3 aliphatic rings. The van der Waals surface area contributed by atoms with E-state index >= 15 is 0 Å². The van der Waals surface area contributed by atoms with E-state index in [1.807, 2.05) is 12.1 Å². The second-order valence-electron chi connectivity index (χ2n) is 7.30. The van der Waals surface area contributed by atoms with Crippen LogP contribution >= 0.6 is 0 Å². The molecule has 2 heterocycles. The van der Waals surface area contributed by atoms with E-state index in [-0.39, 0.29) is 5.82 Å². The number of likely N-dealkylation sites (tertiary alicyclic amines) is 2. The molecule has 0 spiro atoms. The van der Waals surface area contributed by atoms with Crippen LogP contribution in [-0.4, -0.2) is 42.5 Å². The third kappa shape index (κ3) is 3.14. The second-order valence-corrected chi connectivity index (χ2v) is 7.30. The van der Waals surface area contributed by atoms with Crippen molar-refractivity contribution in [3.63, 3.8) is 0 Å². The quantitative estimate of drug-likeness (QED) is 0.840. The summed E-state index contributed by atoms with van der Waals surface area (Å²) in [7, 11) is 0. The van der Waals surface area contributed by atoms with Crippen molar-refractivity contribution in [3.05, 3.63) is 35.6 Å². The topological polar surface area (TPSA) is 6.48 Å². The lowest BCUT2D eigenvalue weighted by molar-refractivity contribution is 0.143. The van der Waals surface area contributed by atoms with E-state index in [1.165, 1.54) is 38.9 Å². The standard InChI is InChI=1S/C18H25FN2/c19-18-4-2-1-3-16(18)11-21-10-15-7-8-20(9-14-5-6-14)12-17(15)13-21/h1-4,14-15,17H,5-13H2/t15-,17+/m1/s1. The zero-order chi connectivity index (χ0) is 14.2. The molecule has 0 amide bonds. The van der Waals surface area contributed by atoms with E-state index in [1.54, 1.807) is 12.1 Å². The Kier molecular flexibility index (Phi) is 3.72. The first-order valence-electron chi connectivity index (χ1n) is 8.46. The smallest absolute Gasteiger partial charge is 0.127 e. The average Bonchev–Trinajstić information content (AvgIpc) is 3.19. The number of rotatable bonds is 4. The van der Waals surface area contributed by atoms with Crippen LogP contribution in [0.4, 0.5) is 4.39 Å². The third-order valence-corrected chi connectivity index (χ3v) is 5.53. The first-order chi connectivity index (χ1) is 10.3. The molecule has 1 saturated carbocycles. The minimum absolute atomic E-state index is 0.0530. The molecule has 2 saturated heterocycles. The highest BCUT2D eigenvalue weighted by Crippen LogP contribution is 2.35.